The molecule has 3 atom stereocenters. The fraction of sp³-hybridized carbons (Fsp3) is 0.526. The Morgan fingerprint density at radius 3 is 2.96 bits per heavy atom. The van der Waals surface area contributed by atoms with Crippen LogP contribution >= 0.6 is 11.3 Å². The van der Waals surface area contributed by atoms with Gasteiger partial charge in [-0.25, -0.2) is 9.97 Å². The quantitative estimate of drug-likeness (QED) is 0.577. The fourth-order valence-corrected chi connectivity index (χ4v) is 5.19. The molecule has 2 N–H and O–H groups in total. The highest BCUT2D eigenvalue weighted by Crippen LogP contribution is 2.43. The molecule has 0 saturated heterocycles. The van der Waals surface area contributed by atoms with Crippen LogP contribution in [0.5, 0.6) is 0 Å². The predicted molar refractivity (Wildman–Crippen MR) is 104 cm³/mol. The van der Waals surface area contributed by atoms with Crippen molar-refractivity contribution in [3.8, 4) is 0 Å². The second kappa shape index (κ2) is 7.32. The molecule has 0 aliphatic heterocycles. The molecule has 2 aromatic rings. The number of nitrogens with zero attached hydrogens (tertiary/aromatic N) is 2. The first-order valence-electron chi connectivity index (χ1n) is 9.10. The van der Waals surface area contributed by atoms with Gasteiger partial charge in [-0.05, 0) is 43.1 Å². The maximum atomic E-state index is 12.4. The summed E-state index contributed by atoms with van der Waals surface area (Å²) in [6.07, 6.45) is 8.87. The molecule has 1 fully saturated rings. The summed E-state index contributed by atoms with van der Waals surface area (Å²) < 4.78 is 4.99. The summed E-state index contributed by atoms with van der Waals surface area (Å²) in [5, 5.41) is 7.38. The number of fused-ring (bicyclic) bond motifs is 3. The summed E-state index contributed by atoms with van der Waals surface area (Å²) in [7, 11) is 1.62. The lowest BCUT2D eigenvalue weighted by Crippen LogP contribution is -2.26. The molecular weight excluding hydrogens is 348 g/mol. The largest absolute Gasteiger partial charge is 0.383 e. The molecule has 2 aliphatic rings. The van der Waals surface area contributed by atoms with E-state index in [1.54, 1.807) is 13.4 Å². The third kappa shape index (κ3) is 3.21. The van der Waals surface area contributed by atoms with Crippen molar-refractivity contribution >= 4 is 33.3 Å². The van der Waals surface area contributed by atoms with Gasteiger partial charge in [-0.2, -0.15) is 0 Å². The minimum absolute atomic E-state index is 0.0771. The van der Waals surface area contributed by atoms with Crippen LogP contribution in [0.4, 0.5) is 5.82 Å². The molecule has 6 nitrogen and oxygen atoms in total. The molecule has 0 unspecified atom stereocenters. The summed E-state index contributed by atoms with van der Waals surface area (Å²) >= 11 is 1.42. The number of carbonyl (C=O) groups is 1. The second-order valence-corrected chi connectivity index (χ2v) is 8.13. The SMILES string of the molecule is COCCNC(=O)c1sc2ncnc(NC[C@@H]3C[C@H]4C=C[C@@H]3C4)c2c1C. The van der Waals surface area contributed by atoms with Crippen molar-refractivity contribution in [2.75, 3.05) is 32.1 Å². The highest BCUT2D eigenvalue weighted by molar-refractivity contribution is 7.20. The lowest BCUT2D eigenvalue weighted by Gasteiger charge is -2.19. The molecule has 0 radical (unpaired) electrons. The zero-order valence-corrected chi connectivity index (χ0v) is 15.9. The number of thiophene rings is 1. The molecule has 7 heteroatoms. The van der Waals surface area contributed by atoms with Crippen molar-refractivity contribution in [2.24, 2.45) is 17.8 Å². The molecule has 1 amide bonds. The monoisotopic (exact) mass is 372 g/mol. The smallest absolute Gasteiger partial charge is 0.261 e. The van der Waals surface area contributed by atoms with Crippen LogP contribution in [-0.4, -0.2) is 42.7 Å². The normalized spacial score (nSPS) is 23.7. The molecule has 26 heavy (non-hydrogen) atoms. The molecule has 138 valence electrons. The highest BCUT2D eigenvalue weighted by Gasteiger charge is 2.35. The minimum atomic E-state index is -0.0771. The number of aromatic nitrogens is 2. The number of nitrogens with one attached hydrogen (secondary N) is 2. The Hall–Kier alpha value is -1.99. The summed E-state index contributed by atoms with van der Waals surface area (Å²) in [5.41, 5.74) is 0.941. The topological polar surface area (TPSA) is 76.1 Å². The van der Waals surface area contributed by atoms with Crippen molar-refractivity contribution in [2.45, 2.75) is 19.8 Å². The molecule has 2 aromatic heterocycles. The third-order valence-corrected chi connectivity index (χ3v) is 6.67. The van der Waals surface area contributed by atoms with Crippen molar-refractivity contribution in [3.63, 3.8) is 0 Å². The van der Waals surface area contributed by atoms with Gasteiger partial charge in [0.05, 0.1) is 16.9 Å². The number of anilines is 1. The van der Waals surface area contributed by atoms with Crippen LogP contribution < -0.4 is 10.6 Å². The minimum Gasteiger partial charge on any atom is -0.383 e. The van der Waals surface area contributed by atoms with E-state index in [0.29, 0.717) is 29.9 Å². The zero-order chi connectivity index (χ0) is 18.1. The van der Waals surface area contributed by atoms with E-state index >= 15 is 0 Å². The number of methoxy groups -OCH3 is 1. The molecule has 2 bridgehead atoms. The Balaban J connectivity index is 1.52. The van der Waals surface area contributed by atoms with Crippen LogP contribution in [0, 0.1) is 24.7 Å². The van der Waals surface area contributed by atoms with E-state index in [1.165, 1.54) is 24.2 Å². The molecule has 2 aliphatic carbocycles. The summed E-state index contributed by atoms with van der Waals surface area (Å²) in [4.78, 5) is 22.8. The van der Waals surface area contributed by atoms with Crippen LogP contribution in [0.3, 0.4) is 0 Å². The number of carbonyl (C=O) groups excluding carboxylic acids is 1. The lowest BCUT2D eigenvalue weighted by molar-refractivity contribution is 0.0940. The van der Waals surface area contributed by atoms with Gasteiger partial charge in [0.25, 0.3) is 5.91 Å². The van der Waals surface area contributed by atoms with Gasteiger partial charge in [0.2, 0.25) is 0 Å². The van der Waals surface area contributed by atoms with E-state index in [2.05, 4.69) is 32.8 Å². The zero-order valence-electron chi connectivity index (χ0n) is 15.1. The first-order valence-corrected chi connectivity index (χ1v) is 9.92. The van der Waals surface area contributed by atoms with Gasteiger partial charge in [-0.15, -0.1) is 11.3 Å². The number of amides is 1. The van der Waals surface area contributed by atoms with Gasteiger partial charge in [0, 0.05) is 20.2 Å². The van der Waals surface area contributed by atoms with Crippen LogP contribution in [0.2, 0.25) is 0 Å². The average Bonchev–Trinajstić information content (AvgIpc) is 3.35. The van der Waals surface area contributed by atoms with Crippen molar-refractivity contribution < 1.29 is 9.53 Å². The van der Waals surface area contributed by atoms with E-state index in [4.69, 9.17) is 4.74 Å². The molecule has 4 rings (SSSR count). The first kappa shape index (κ1) is 17.4. The van der Waals surface area contributed by atoms with E-state index < -0.39 is 0 Å². The summed E-state index contributed by atoms with van der Waals surface area (Å²) in [5.74, 6) is 2.90. The van der Waals surface area contributed by atoms with Crippen LogP contribution in [0.15, 0.2) is 18.5 Å². The first-order chi connectivity index (χ1) is 12.7. The fourth-order valence-electron chi connectivity index (χ4n) is 4.13. The van der Waals surface area contributed by atoms with Gasteiger partial charge in [0.15, 0.2) is 0 Å². The van der Waals surface area contributed by atoms with Crippen molar-refractivity contribution in [1.29, 1.82) is 0 Å². The van der Waals surface area contributed by atoms with Gasteiger partial charge in [-0.1, -0.05) is 12.2 Å². The Morgan fingerprint density at radius 2 is 2.23 bits per heavy atom. The standard InChI is InChI=1S/C19H24N4O2S/c1-11-15-17(21-9-14-8-12-3-4-13(14)7-12)22-10-23-19(15)26-16(11)18(24)20-5-6-25-2/h3-4,10,12-14H,5-9H2,1-2H3,(H,20,24)(H,21,22,23)/t12-,13+,14-/m0/s1. The Kier molecular flexibility index (Phi) is 4.91. The maximum absolute atomic E-state index is 12.4. The van der Waals surface area contributed by atoms with Crippen LogP contribution in [-0.2, 0) is 4.74 Å². The number of allylic oxidation sites excluding steroid dienone is 2. The van der Waals surface area contributed by atoms with Crippen molar-refractivity contribution in [1.82, 2.24) is 15.3 Å². The van der Waals surface area contributed by atoms with Gasteiger partial charge >= 0.3 is 0 Å². The second-order valence-electron chi connectivity index (χ2n) is 7.13. The maximum Gasteiger partial charge on any atom is 0.261 e. The summed E-state index contributed by atoms with van der Waals surface area (Å²) in [6.45, 7) is 3.89. The molecule has 0 spiro atoms. The number of aryl methyl sites for hydroxylation is 1. The van der Waals surface area contributed by atoms with Gasteiger partial charge in [-0.3, -0.25) is 4.79 Å². The van der Waals surface area contributed by atoms with Crippen molar-refractivity contribution in [3.05, 3.63) is 28.9 Å². The lowest BCUT2D eigenvalue weighted by atomic mass is 9.93. The van der Waals surface area contributed by atoms with Gasteiger partial charge in [0.1, 0.15) is 17.0 Å². The number of hydrogen-bond acceptors (Lipinski definition) is 6. The average molecular weight is 372 g/mol. The van der Waals surface area contributed by atoms with Crippen LogP contribution in [0.1, 0.15) is 28.1 Å². The van der Waals surface area contributed by atoms with E-state index in [0.717, 1.165) is 34.1 Å². The van der Waals surface area contributed by atoms with E-state index in [1.807, 2.05) is 6.92 Å². The van der Waals surface area contributed by atoms with E-state index in [-0.39, 0.29) is 5.91 Å². The molecule has 1 saturated carbocycles. The Morgan fingerprint density at radius 1 is 1.35 bits per heavy atom. The molecule has 0 aromatic carbocycles. The van der Waals surface area contributed by atoms with Crippen LogP contribution in [0.25, 0.3) is 10.2 Å². The predicted octanol–water partition coefficient (Wildman–Crippen LogP) is 3.00. The Labute approximate surface area is 157 Å². The molecule has 2 heterocycles. The summed E-state index contributed by atoms with van der Waals surface area (Å²) in [6, 6.07) is 0. The van der Waals surface area contributed by atoms with E-state index in [9.17, 15) is 4.79 Å². The number of rotatable bonds is 7. The third-order valence-electron chi connectivity index (χ3n) is 5.47. The molecular formula is C19H24N4O2S. The highest BCUT2D eigenvalue weighted by atomic mass is 32.1. The number of hydrogen-bond donors (Lipinski definition) is 2. The number of ether oxygens (including phenoxy) is 1. The Bertz CT molecular complexity index is 847. The van der Waals surface area contributed by atoms with Gasteiger partial charge < -0.3 is 15.4 Å².